The summed E-state index contributed by atoms with van der Waals surface area (Å²) in [6.07, 6.45) is 0.222. The third-order valence-electron chi connectivity index (χ3n) is 3.66. The maximum atomic E-state index is 11.3. The first-order valence-corrected chi connectivity index (χ1v) is 8.01. The van der Waals surface area contributed by atoms with Gasteiger partial charge >= 0.3 is 0 Å². The van der Waals surface area contributed by atoms with Crippen LogP contribution in [0.3, 0.4) is 0 Å². The number of ether oxygens (including phenoxy) is 1. The Morgan fingerprint density at radius 1 is 1.08 bits per heavy atom. The molecule has 2 N–H and O–H groups in total. The molecule has 0 radical (unpaired) electrons. The second-order valence-corrected chi connectivity index (χ2v) is 5.91. The summed E-state index contributed by atoms with van der Waals surface area (Å²) in [5.41, 5.74) is 3.90. The standard InChI is InChI=1S/C18H21ClN2O3/c1-24-17-8-4-15(5-9-17)13-21(11-10-18(22)20-23)12-14-2-6-16(19)7-3-14/h2-9,23H,10-13H2,1H3,(H,20,22). The number of nitrogens with zero attached hydrogens (tertiary/aromatic N) is 1. The van der Waals surface area contributed by atoms with E-state index in [1.807, 2.05) is 48.5 Å². The number of benzene rings is 2. The molecular weight excluding hydrogens is 328 g/mol. The topological polar surface area (TPSA) is 61.8 Å². The summed E-state index contributed by atoms with van der Waals surface area (Å²) in [7, 11) is 1.63. The van der Waals surface area contributed by atoms with E-state index in [4.69, 9.17) is 21.5 Å². The summed E-state index contributed by atoms with van der Waals surface area (Å²) in [5, 5.41) is 9.36. The Kier molecular flexibility index (Phi) is 7.06. The van der Waals surface area contributed by atoms with Crippen molar-refractivity contribution < 1.29 is 14.7 Å². The van der Waals surface area contributed by atoms with Crippen LogP contribution in [0.25, 0.3) is 0 Å². The molecular formula is C18H21ClN2O3. The smallest absolute Gasteiger partial charge is 0.244 e. The summed E-state index contributed by atoms with van der Waals surface area (Å²) in [6.45, 7) is 1.90. The molecule has 2 aromatic carbocycles. The molecule has 0 aliphatic rings. The number of amides is 1. The van der Waals surface area contributed by atoms with E-state index >= 15 is 0 Å². The van der Waals surface area contributed by atoms with E-state index in [0.717, 1.165) is 16.9 Å². The SMILES string of the molecule is COc1ccc(CN(CCC(=O)NO)Cc2ccc(Cl)cc2)cc1. The minimum Gasteiger partial charge on any atom is -0.497 e. The van der Waals surface area contributed by atoms with Gasteiger partial charge in [0.2, 0.25) is 5.91 Å². The van der Waals surface area contributed by atoms with Gasteiger partial charge in [-0.15, -0.1) is 0 Å². The van der Waals surface area contributed by atoms with Gasteiger partial charge in [-0.2, -0.15) is 0 Å². The van der Waals surface area contributed by atoms with E-state index in [2.05, 4.69) is 4.90 Å². The first kappa shape index (κ1) is 18.3. The van der Waals surface area contributed by atoms with Crippen LogP contribution in [-0.2, 0) is 17.9 Å². The minimum atomic E-state index is -0.397. The summed E-state index contributed by atoms with van der Waals surface area (Å²) in [6, 6.07) is 15.5. The second-order valence-electron chi connectivity index (χ2n) is 5.47. The number of hydrogen-bond acceptors (Lipinski definition) is 4. The van der Waals surface area contributed by atoms with Gasteiger partial charge < -0.3 is 4.74 Å². The molecule has 2 aromatic rings. The van der Waals surface area contributed by atoms with Gasteiger partial charge in [-0.05, 0) is 35.4 Å². The maximum Gasteiger partial charge on any atom is 0.244 e. The largest absolute Gasteiger partial charge is 0.497 e. The van der Waals surface area contributed by atoms with Crippen LogP contribution in [0.1, 0.15) is 17.5 Å². The number of halogens is 1. The number of nitrogens with one attached hydrogen (secondary N) is 1. The van der Waals surface area contributed by atoms with E-state index in [-0.39, 0.29) is 6.42 Å². The minimum absolute atomic E-state index is 0.222. The molecule has 0 heterocycles. The number of carbonyl (C=O) groups excluding carboxylic acids is 1. The molecule has 0 aliphatic heterocycles. The number of hydrogen-bond donors (Lipinski definition) is 2. The van der Waals surface area contributed by atoms with Gasteiger partial charge in [-0.3, -0.25) is 14.9 Å². The molecule has 5 nitrogen and oxygen atoms in total. The number of carbonyl (C=O) groups is 1. The molecule has 0 unspecified atom stereocenters. The van der Waals surface area contributed by atoms with Crippen molar-refractivity contribution in [3.63, 3.8) is 0 Å². The Morgan fingerprint density at radius 2 is 1.62 bits per heavy atom. The molecule has 0 aromatic heterocycles. The molecule has 2 rings (SSSR count). The fourth-order valence-electron chi connectivity index (χ4n) is 2.37. The van der Waals surface area contributed by atoms with Crippen LogP contribution in [0.4, 0.5) is 0 Å². The molecule has 0 aliphatic carbocycles. The monoisotopic (exact) mass is 348 g/mol. The summed E-state index contributed by atoms with van der Waals surface area (Å²) in [5.74, 6) is 0.411. The molecule has 6 heteroatoms. The van der Waals surface area contributed by atoms with Crippen molar-refractivity contribution in [3.05, 3.63) is 64.7 Å². The lowest BCUT2D eigenvalue weighted by Crippen LogP contribution is -2.29. The van der Waals surface area contributed by atoms with Gasteiger partial charge in [-0.1, -0.05) is 35.9 Å². The van der Waals surface area contributed by atoms with E-state index < -0.39 is 5.91 Å². The summed E-state index contributed by atoms with van der Waals surface area (Å²) >= 11 is 5.92. The van der Waals surface area contributed by atoms with Crippen molar-refractivity contribution in [2.45, 2.75) is 19.5 Å². The van der Waals surface area contributed by atoms with Crippen LogP contribution >= 0.6 is 11.6 Å². The third kappa shape index (κ3) is 5.85. The van der Waals surface area contributed by atoms with E-state index in [0.29, 0.717) is 24.7 Å². The lowest BCUT2D eigenvalue weighted by atomic mass is 10.1. The summed E-state index contributed by atoms with van der Waals surface area (Å²) in [4.78, 5) is 13.5. The van der Waals surface area contributed by atoms with Crippen LogP contribution < -0.4 is 10.2 Å². The fraction of sp³-hybridized carbons (Fsp3) is 0.278. The predicted molar refractivity (Wildman–Crippen MR) is 93.1 cm³/mol. The lowest BCUT2D eigenvalue weighted by molar-refractivity contribution is -0.129. The van der Waals surface area contributed by atoms with Gasteiger partial charge in [0.15, 0.2) is 0 Å². The van der Waals surface area contributed by atoms with Crippen molar-refractivity contribution in [2.75, 3.05) is 13.7 Å². The van der Waals surface area contributed by atoms with Crippen molar-refractivity contribution >= 4 is 17.5 Å². The average Bonchev–Trinajstić information content (AvgIpc) is 2.62. The van der Waals surface area contributed by atoms with E-state index in [9.17, 15) is 4.79 Å². The molecule has 128 valence electrons. The Balaban J connectivity index is 2.05. The number of rotatable bonds is 8. The van der Waals surface area contributed by atoms with Gasteiger partial charge in [0.1, 0.15) is 5.75 Å². The summed E-state index contributed by atoms with van der Waals surface area (Å²) < 4.78 is 5.17. The van der Waals surface area contributed by atoms with Crippen molar-refractivity contribution in [2.24, 2.45) is 0 Å². The van der Waals surface area contributed by atoms with Crippen molar-refractivity contribution in [1.82, 2.24) is 10.4 Å². The quantitative estimate of drug-likeness (QED) is 0.568. The molecule has 0 bridgehead atoms. The first-order valence-electron chi connectivity index (χ1n) is 7.63. The molecule has 0 fully saturated rings. The third-order valence-corrected chi connectivity index (χ3v) is 3.92. The lowest BCUT2D eigenvalue weighted by Gasteiger charge is -2.22. The second kappa shape index (κ2) is 9.27. The van der Waals surface area contributed by atoms with Crippen LogP contribution in [0.15, 0.2) is 48.5 Å². The number of hydroxylamine groups is 1. The highest BCUT2D eigenvalue weighted by atomic mass is 35.5. The predicted octanol–water partition coefficient (Wildman–Crippen LogP) is 3.25. The van der Waals surface area contributed by atoms with Gasteiger partial charge in [0, 0.05) is 31.1 Å². The number of methoxy groups -OCH3 is 1. The van der Waals surface area contributed by atoms with Gasteiger partial charge in [0.25, 0.3) is 0 Å². The molecule has 0 atom stereocenters. The van der Waals surface area contributed by atoms with Crippen LogP contribution in [0.5, 0.6) is 5.75 Å². The Labute approximate surface area is 146 Å². The highest BCUT2D eigenvalue weighted by Gasteiger charge is 2.10. The highest BCUT2D eigenvalue weighted by Crippen LogP contribution is 2.16. The molecule has 1 amide bonds. The fourth-order valence-corrected chi connectivity index (χ4v) is 2.49. The van der Waals surface area contributed by atoms with Crippen molar-refractivity contribution in [1.29, 1.82) is 0 Å². The molecule has 24 heavy (non-hydrogen) atoms. The molecule has 0 saturated heterocycles. The average molecular weight is 349 g/mol. The Hall–Kier alpha value is -2.08. The van der Waals surface area contributed by atoms with Crippen molar-refractivity contribution in [3.8, 4) is 5.75 Å². The normalized spacial score (nSPS) is 10.7. The zero-order chi connectivity index (χ0) is 17.4. The molecule has 0 spiro atoms. The maximum absolute atomic E-state index is 11.3. The van der Waals surface area contributed by atoms with Crippen LogP contribution in [0, 0.1) is 0 Å². The zero-order valence-corrected chi connectivity index (χ0v) is 14.3. The zero-order valence-electron chi connectivity index (χ0n) is 13.5. The first-order chi connectivity index (χ1) is 11.6. The van der Waals surface area contributed by atoms with E-state index in [1.54, 1.807) is 12.6 Å². The van der Waals surface area contributed by atoms with Crippen LogP contribution in [0.2, 0.25) is 5.02 Å². The molecule has 0 saturated carbocycles. The van der Waals surface area contributed by atoms with E-state index in [1.165, 1.54) is 0 Å². The Bertz CT molecular complexity index is 644. The highest BCUT2D eigenvalue weighted by molar-refractivity contribution is 6.30. The Morgan fingerprint density at radius 3 is 2.12 bits per heavy atom. The van der Waals surface area contributed by atoms with Gasteiger partial charge in [-0.25, -0.2) is 5.48 Å². The van der Waals surface area contributed by atoms with Gasteiger partial charge in [0.05, 0.1) is 7.11 Å². The van der Waals surface area contributed by atoms with Crippen LogP contribution in [-0.4, -0.2) is 29.7 Å².